The number of carbonyl (C=O) groups excluding carboxylic acids is 1. The molecule has 0 N–H and O–H groups in total. The summed E-state index contributed by atoms with van der Waals surface area (Å²) >= 11 is 0. The van der Waals surface area contributed by atoms with Gasteiger partial charge < -0.3 is 10.1 Å². The Morgan fingerprint density at radius 2 is 1.96 bits per heavy atom. The molecule has 1 aromatic carbocycles. The van der Waals surface area contributed by atoms with Crippen molar-refractivity contribution >= 4 is 11.6 Å². The molecule has 2 atom stereocenters. The summed E-state index contributed by atoms with van der Waals surface area (Å²) in [5, 5.41) is 22.8. The molecule has 1 aromatic heterocycles. The molecular formula is C18H17N3O4. The van der Waals surface area contributed by atoms with Gasteiger partial charge in [-0.05, 0) is 37.0 Å². The van der Waals surface area contributed by atoms with Gasteiger partial charge in [-0.3, -0.25) is 14.9 Å². The minimum Gasteiger partial charge on any atom is -0.618 e. The van der Waals surface area contributed by atoms with Crippen LogP contribution in [0.15, 0.2) is 42.6 Å². The van der Waals surface area contributed by atoms with Gasteiger partial charge in [0.1, 0.15) is 0 Å². The SMILES string of the molecule is O=C(c1ccc([N+](=O)[O-])cc1)N1CC[C@@H]2CCc3c(ccc[n+]3[O-])[C@H]21. The van der Waals surface area contributed by atoms with Crippen LogP contribution in [0.1, 0.15) is 40.5 Å². The van der Waals surface area contributed by atoms with Crippen molar-refractivity contribution in [2.45, 2.75) is 25.3 Å². The van der Waals surface area contributed by atoms with E-state index in [9.17, 15) is 20.1 Å². The largest absolute Gasteiger partial charge is 0.618 e. The van der Waals surface area contributed by atoms with Crippen molar-refractivity contribution in [3.63, 3.8) is 0 Å². The first-order chi connectivity index (χ1) is 12.1. The molecule has 1 aliphatic heterocycles. The van der Waals surface area contributed by atoms with Crippen molar-refractivity contribution < 1.29 is 14.4 Å². The third-order valence-corrected chi connectivity index (χ3v) is 5.28. The Morgan fingerprint density at radius 1 is 1.20 bits per heavy atom. The number of nitro benzene ring substituents is 1. The summed E-state index contributed by atoms with van der Waals surface area (Å²) in [5.41, 5.74) is 2.07. The third kappa shape index (κ3) is 2.52. The molecule has 25 heavy (non-hydrogen) atoms. The second-order valence-electron chi connectivity index (χ2n) is 6.57. The summed E-state index contributed by atoms with van der Waals surface area (Å²) in [6.07, 6.45) is 4.04. The van der Waals surface area contributed by atoms with Gasteiger partial charge in [0, 0.05) is 42.3 Å². The maximum absolute atomic E-state index is 12.9. The fourth-order valence-electron chi connectivity index (χ4n) is 4.08. The highest BCUT2D eigenvalue weighted by molar-refractivity contribution is 5.95. The molecular weight excluding hydrogens is 322 g/mol. The summed E-state index contributed by atoms with van der Waals surface area (Å²) in [7, 11) is 0. The second-order valence-corrected chi connectivity index (χ2v) is 6.57. The number of hydrogen-bond donors (Lipinski definition) is 0. The normalized spacial score (nSPS) is 21.5. The zero-order chi connectivity index (χ0) is 17.6. The predicted molar refractivity (Wildman–Crippen MR) is 88.7 cm³/mol. The highest BCUT2D eigenvalue weighted by Gasteiger charge is 2.43. The van der Waals surface area contributed by atoms with Crippen LogP contribution in [-0.2, 0) is 6.42 Å². The van der Waals surface area contributed by atoms with Gasteiger partial charge in [0.2, 0.25) is 0 Å². The lowest BCUT2D eigenvalue weighted by Gasteiger charge is -2.32. The van der Waals surface area contributed by atoms with E-state index < -0.39 is 4.92 Å². The van der Waals surface area contributed by atoms with Crippen LogP contribution in [0.3, 0.4) is 0 Å². The monoisotopic (exact) mass is 339 g/mol. The molecule has 2 aliphatic rings. The van der Waals surface area contributed by atoms with Gasteiger partial charge in [-0.25, -0.2) is 0 Å². The summed E-state index contributed by atoms with van der Waals surface area (Å²) in [6.45, 7) is 0.637. The molecule has 0 unspecified atom stereocenters. The van der Waals surface area contributed by atoms with E-state index in [1.807, 2.05) is 11.0 Å². The van der Waals surface area contributed by atoms with Gasteiger partial charge in [-0.2, -0.15) is 4.73 Å². The summed E-state index contributed by atoms with van der Waals surface area (Å²) in [5.74, 6) is 0.216. The highest BCUT2D eigenvalue weighted by Crippen LogP contribution is 2.44. The molecule has 1 fully saturated rings. The number of carbonyl (C=O) groups is 1. The zero-order valence-electron chi connectivity index (χ0n) is 13.5. The average Bonchev–Trinajstić information content (AvgIpc) is 3.06. The molecule has 128 valence electrons. The molecule has 1 saturated heterocycles. The smallest absolute Gasteiger partial charge is 0.269 e. The Morgan fingerprint density at radius 3 is 2.68 bits per heavy atom. The Labute approximate surface area is 144 Å². The van der Waals surface area contributed by atoms with E-state index in [1.165, 1.54) is 30.5 Å². The fourth-order valence-corrected chi connectivity index (χ4v) is 4.08. The maximum Gasteiger partial charge on any atom is 0.269 e. The average molecular weight is 339 g/mol. The molecule has 0 spiro atoms. The van der Waals surface area contributed by atoms with E-state index in [2.05, 4.69) is 0 Å². The van der Waals surface area contributed by atoms with Gasteiger partial charge in [0.05, 0.1) is 11.0 Å². The van der Waals surface area contributed by atoms with Gasteiger partial charge >= 0.3 is 0 Å². The number of rotatable bonds is 2. The summed E-state index contributed by atoms with van der Waals surface area (Å²) in [4.78, 5) is 25.1. The van der Waals surface area contributed by atoms with E-state index in [0.717, 1.165) is 35.3 Å². The maximum atomic E-state index is 12.9. The highest BCUT2D eigenvalue weighted by atomic mass is 16.6. The van der Waals surface area contributed by atoms with Crippen LogP contribution in [0.2, 0.25) is 0 Å². The van der Waals surface area contributed by atoms with Crippen molar-refractivity contribution in [2.24, 2.45) is 5.92 Å². The minimum absolute atomic E-state index is 0.0359. The first kappa shape index (κ1) is 15.6. The molecule has 2 aromatic rings. The lowest BCUT2D eigenvalue weighted by atomic mass is 9.82. The number of nitrogens with zero attached hydrogens (tertiary/aromatic N) is 3. The Bertz CT molecular complexity index is 850. The lowest BCUT2D eigenvalue weighted by molar-refractivity contribution is -0.615. The van der Waals surface area contributed by atoms with Gasteiger partial charge in [0.15, 0.2) is 11.9 Å². The van der Waals surface area contributed by atoms with Crippen LogP contribution in [-0.4, -0.2) is 22.3 Å². The number of amides is 1. The quantitative estimate of drug-likeness (QED) is 0.363. The molecule has 7 nitrogen and oxygen atoms in total. The summed E-state index contributed by atoms with van der Waals surface area (Å²) < 4.78 is 0.901. The predicted octanol–water partition coefficient (Wildman–Crippen LogP) is 2.38. The fraction of sp³-hybridized carbons (Fsp3) is 0.333. The number of benzene rings is 1. The van der Waals surface area contributed by atoms with E-state index in [-0.39, 0.29) is 17.6 Å². The van der Waals surface area contributed by atoms with E-state index >= 15 is 0 Å². The number of non-ortho nitro benzene ring substituents is 1. The number of hydrogen-bond acceptors (Lipinski definition) is 4. The number of aromatic nitrogens is 1. The number of fused-ring (bicyclic) bond motifs is 3. The van der Waals surface area contributed by atoms with Gasteiger partial charge in [-0.1, -0.05) is 0 Å². The van der Waals surface area contributed by atoms with Gasteiger partial charge in [0.25, 0.3) is 11.6 Å². The number of pyridine rings is 1. The Hall–Kier alpha value is -2.96. The third-order valence-electron chi connectivity index (χ3n) is 5.28. The molecule has 7 heteroatoms. The van der Waals surface area contributed by atoms with Crippen molar-refractivity contribution in [1.29, 1.82) is 0 Å². The van der Waals surface area contributed by atoms with Crippen molar-refractivity contribution in [1.82, 2.24) is 4.90 Å². The topological polar surface area (TPSA) is 90.4 Å². The number of likely N-dealkylation sites (tertiary alicyclic amines) is 1. The molecule has 4 rings (SSSR count). The van der Waals surface area contributed by atoms with Crippen LogP contribution in [0.5, 0.6) is 0 Å². The molecule has 1 aliphatic carbocycles. The first-order valence-corrected chi connectivity index (χ1v) is 8.32. The lowest BCUT2D eigenvalue weighted by Crippen LogP contribution is -2.40. The molecule has 2 heterocycles. The molecule has 0 bridgehead atoms. The van der Waals surface area contributed by atoms with Crippen LogP contribution in [0.25, 0.3) is 0 Å². The number of nitro groups is 1. The van der Waals surface area contributed by atoms with E-state index in [1.54, 1.807) is 6.07 Å². The summed E-state index contributed by atoms with van der Waals surface area (Å²) in [6, 6.07) is 9.26. The van der Waals surface area contributed by atoms with Crippen LogP contribution < -0.4 is 4.73 Å². The van der Waals surface area contributed by atoms with E-state index in [0.29, 0.717) is 18.0 Å². The van der Waals surface area contributed by atoms with Crippen molar-refractivity contribution in [2.75, 3.05) is 6.54 Å². The minimum atomic E-state index is -0.482. The van der Waals surface area contributed by atoms with Gasteiger partial charge in [-0.15, -0.1) is 0 Å². The Kier molecular flexibility index (Phi) is 3.63. The Balaban J connectivity index is 1.67. The zero-order valence-corrected chi connectivity index (χ0v) is 13.5. The first-order valence-electron chi connectivity index (χ1n) is 8.32. The van der Waals surface area contributed by atoms with Crippen molar-refractivity contribution in [3.8, 4) is 0 Å². The van der Waals surface area contributed by atoms with Crippen LogP contribution in [0.4, 0.5) is 5.69 Å². The van der Waals surface area contributed by atoms with Crippen molar-refractivity contribution in [3.05, 3.63) is 74.7 Å². The second kappa shape index (κ2) is 5.84. The van der Waals surface area contributed by atoms with Crippen LogP contribution >= 0.6 is 0 Å². The molecule has 0 saturated carbocycles. The standard InChI is InChI=1S/C18H17N3O4/c22-18(13-3-6-14(7-4-13)21(24)25)19-11-9-12-5-8-16-15(17(12)19)2-1-10-20(16)23/h1-4,6-7,10,12,17H,5,8-9,11H2/t12-,17-/m0/s1. The van der Waals surface area contributed by atoms with Crippen LogP contribution in [0, 0.1) is 21.2 Å². The molecule has 0 radical (unpaired) electrons. The molecule has 1 amide bonds. The van der Waals surface area contributed by atoms with E-state index in [4.69, 9.17) is 0 Å².